The van der Waals surface area contributed by atoms with Crippen molar-refractivity contribution in [2.45, 2.75) is 19.9 Å². The number of pyridine rings is 1. The zero-order chi connectivity index (χ0) is 21.0. The van der Waals surface area contributed by atoms with E-state index < -0.39 is 35.2 Å². The minimum Gasteiger partial charge on any atom is -0.454 e. The Balaban J connectivity index is 1.82. The molecule has 150 valence electrons. The Labute approximate surface area is 163 Å². The number of nitrogen functional groups attached to an aromatic ring is 1. The number of nitrogens with two attached hydrogens (primary N) is 1. The quantitative estimate of drug-likeness (QED) is 0.394. The molecule has 0 aliphatic carbocycles. The molecule has 3 aromatic rings. The van der Waals surface area contributed by atoms with Crippen molar-refractivity contribution in [1.82, 2.24) is 29.3 Å². The van der Waals surface area contributed by atoms with Gasteiger partial charge in [0, 0.05) is 12.7 Å². The van der Waals surface area contributed by atoms with Gasteiger partial charge in [-0.2, -0.15) is 5.10 Å². The van der Waals surface area contributed by atoms with Crippen molar-refractivity contribution in [1.29, 1.82) is 0 Å². The van der Waals surface area contributed by atoms with Gasteiger partial charge in [-0.25, -0.2) is 24.2 Å². The van der Waals surface area contributed by atoms with Crippen LogP contribution in [0.15, 0.2) is 40.6 Å². The molecule has 3 rings (SSSR count). The van der Waals surface area contributed by atoms with Crippen molar-refractivity contribution in [2.24, 2.45) is 0 Å². The van der Waals surface area contributed by atoms with Crippen LogP contribution in [0.4, 0.5) is 5.82 Å². The van der Waals surface area contributed by atoms with Gasteiger partial charge in [0.25, 0.3) is 5.56 Å². The summed E-state index contributed by atoms with van der Waals surface area (Å²) in [4.78, 5) is 58.7. The topological polar surface area (TPSA) is 168 Å². The van der Waals surface area contributed by atoms with E-state index in [1.54, 1.807) is 6.92 Å². The van der Waals surface area contributed by atoms with Crippen molar-refractivity contribution in [3.63, 3.8) is 0 Å². The first-order chi connectivity index (χ1) is 13.9. The lowest BCUT2D eigenvalue weighted by Gasteiger charge is -2.11. The SMILES string of the molecule is CCCn1c(N)c(C(=O)COC(=O)c2cccnc2-n2cncn2)c(=O)[nH]c1=O. The van der Waals surface area contributed by atoms with Crippen LogP contribution in [0.2, 0.25) is 0 Å². The van der Waals surface area contributed by atoms with E-state index in [1.165, 1.54) is 35.7 Å². The molecule has 0 radical (unpaired) electrons. The van der Waals surface area contributed by atoms with E-state index in [0.29, 0.717) is 6.42 Å². The van der Waals surface area contributed by atoms with Crippen molar-refractivity contribution >= 4 is 17.6 Å². The smallest absolute Gasteiger partial charge is 0.342 e. The van der Waals surface area contributed by atoms with E-state index in [1.807, 2.05) is 4.98 Å². The maximum absolute atomic E-state index is 12.5. The van der Waals surface area contributed by atoms with Gasteiger partial charge in [0.2, 0.25) is 5.78 Å². The fourth-order valence-corrected chi connectivity index (χ4v) is 2.64. The highest BCUT2D eigenvalue weighted by atomic mass is 16.5. The Morgan fingerprint density at radius 2 is 2.10 bits per heavy atom. The summed E-state index contributed by atoms with van der Waals surface area (Å²) in [6.45, 7) is 1.28. The van der Waals surface area contributed by atoms with Crippen LogP contribution in [-0.2, 0) is 11.3 Å². The molecule has 3 aromatic heterocycles. The van der Waals surface area contributed by atoms with Crippen LogP contribution >= 0.6 is 0 Å². The summed E-state index contributed by atoms with van der Waals surface area (Å²) in [5.41, 5.74) is 3.79. The summed E-state index contributed by atoms with van der Waals surface area (Å²) in [5, 5.41) is 3.90. The minimum atomic E-state index is -0.939. The first-order valence-corrected chi connectivity index (χ1v) is 8.57. The number of Topliss-reactive ketones (excluding diaryl/α,β-unsaturated/α-hetero) is 1. The Morgan fingerprint density at radius 1 is 1.31 bits per heavy atom. The number of hydrogen-bond donors (Lipinski definition) is 2. The second-order valence-electron chi connectivity index (χ2n) is 5.89. The molecule has 0 saturated carbocycles. The Hall–Kier alpha value is -4.09. The summed E-state index contributed by atoms with van der Waals surface area (Å²) in [6.07, 6.45) is 4.63. The van der Waals surface area contributed by atoms with Gasteiger partial charge in [-0.05, 0) is 18.6 Å². The lowest BCUT2D eigenvalue weighted by molar-refractivity contribution is 0.0473. The summed E-state index contributed by atoms with van der Waals surface area (Å²) in [6, 6.07) is 2.96. The number of esters is 1. The zero-order valence-corrected chi connectivity index (χ0v) is 15.4. The number of H-pyrrole nitrogens is 1. The van der Waals surface area contributed by atoms with Crippen molar-refractivity contribution in [3.8, 4) is 5.82 Å². The summed E-state index contributed by atoms with van der Waals surface area (Å²) in [5.74, 6) is -1.80. The molecule has 29 heavy (non-hydrogen) atoms. The molecule has 0 aliphatic rings. The number of aromatic nitrogens is 6. The molecule has 0 unspecified atom stereocenters. The molecule has 3 N–H and O–H groups in total. The monoisotopic (exact) mass is 399 g/mol. The lowest BCUT2D eigenvalue weighted by Crippen LogP contribution is -2.37. The number of rotatable bonds is 7. The summed E-state index contributed by atoms with van der Waals surface area (Å²) < 4.78 is 7.39. The standard InChI is InChI=1S/C17H17N7O5/c1-2-6-23-13(18)12(15(26)22-17(23)28)11(25)7-29-16(27)10-4-3-5-20-14(10)24-9-19-8-21-24/h3-5,8-9H,2,6-7,18H2,1H3,(H,22,26,28). The third-order valence-corrected chi connectivity index (χ3v) is 3.94. The van der Waals surface area contributed by atoms with Crippen molar-refractivity contribution < 1.29 is 14.3 Å². The van der Waals surface area contributed by atoms with Crippen molar-refractivity contribution in [3.05, 3.63) is 62.9 Å². The molecule has 0 aliphatic heterocycles. The molecule has 0 fully saturated rings. The van der Waals surface area contributed by atoms with Gasteiger partial charge >= 0.3 is 11.7 Å². The van der Waals surface area contributed by atoms with E-state index in [-0.39, 0.29) is 23.7 Å². The molecular formula is C17H17N7O5. The molecule has 12 heteroatoms. The average Bonchev–Trinajstić information content (AvgIpc) is 3.24. The molecule has 0 saturated heterocycles. The maximum Gasteiger partial charge on any atom is 0.342 e. The number of carbonyl (C=O) groups excluding carboxylic acids is 2. The molecule has 0 bridgehead atoms. The molecule has 0 atom stereocenters. The lowest BCUT2D eigenvalue weighted by atomic mass is 10.2. The number of carbonyl (C=O) groups is 2. The van der Waals surface area contributed by atoms with E-state index in [2.05, 4.69) is 15.1 Å². The zero-order valence-electron chi connectivity index (χ0n) is 15.4. The maximum atomic E-state index is 12.5. The third kappa shape index (κ3) is 3.95. The van der Waals surface area contributed by atoms with Crippen LogP contribution in [0.5, 0.6) is 0 Å². The number of ketones is 1. The molecular weight excluding hydrogens is 382 g/mol. The Morgan fingerprint density at radius 3 is 2.79 bits per heavy atom. The van der Waals surface area contributed by atoms with Crippen LogP contribution in [-0.4, -0.2) is 47.7 Å². The van der Waals surface area contributed by atoms with Gasteiger partial charge in [0.05, 0.1) is 0 Å². The van der Waals surface area contributed by atoms with E-state index in [4.69, 9.17) is 10.5 Å². The molecule has 3 heterocycles. The van der Waals surface area contributed by atoms with Gasteiger partial charge in [0.15, 0.2) is 12.4 Å². The number of aromatic amines is 1. The first kappa shape index (κ1) is 19.7. The van der Waals surface area contributed by atoms with Crippen LogP contribution < -0.4 is 17.0 Å². The second-order valence-corrected chi connectivity index (χ2v) is 5.89. The number of nitrogens with one attached hydrogen (secondary N) is 1. The summed E-state index contributed by atoms with van der Waals surface area (Å²) in [7, 11) is 0. The largest absolute Gasteiger partial charge is 0.454 e. The number of hydrogen-bond acceptors (Lipinski definition) is 9. The second kappa shape index (κ2) is 8.29. The van der Waals surface area contributed by atoms with Crippen LogP contribution in [0.1, 0.15) is 34.1 Å². The highest BCUT2D eigenvalue weighted by molar-refractivity contribution is 6.02. The van der Waals surface area contributed by atoms with Crippen LogP contribution in [0, 0.1) is 0 Å². The van der Waals surface area contributed by atoms with E-state index >= 15 is 0 Å². The van der Waals surface area contributed by atoms with Gasteiger partial charge < -0.3 is 10.5 Å². The Kier molecular flexibility index (Phi) is 5.62. The molecule has 12 nitrogen and oxygen atoms in total. The molecule has 0 spiro atoms. The van der Waals surface area contributed by atoms with Crippen LogP contribution in [0.25, 0.3) is 5.82 Å². The van der Waals surface area contributed by atoms with Gasteiger partial charge in [0.1, 0.15) is 29.6 Å². The van der Waals surface area contributed by atoms with Gasteiger partial charge in [-0.15, -0.1) is 0 Å². The predicted octanol–water partition coefficient (Wildman–Crippen LogP) is -0.456. The Bertz CT molecular complexity index is 1160. The number of ether oxygens (including phenoxy) is 1. The van der Waals surface area contributed by atoms with Gasteiger partial charge in [-0.1, -0.05) is 6.92 Å². The first-order valence-electron chi connectivity index (χ1n) is 8.57. The van der Waals surface area contributed by atoms with Crippen LogP contribution in [0.3, 0.4) is 0 Å². The van der Waals surface area contributed by atoms with E-state index in [0.717, 1.165) is 4.57 Å². The number of nitrogens with zero attached hydrogens (tertiary/aromatic N) is 5. The third-order valence-electron chi connectivity index (χ3n) is 3.94. The normalized spacial score (nSPS) is 10.7. The predicted molar refractivity (Wildman–Crippen MR) is 99.8 cm³/mol. The fraction of sp³-hybridized carbons (Fsp3) is 0.235. The minimum absolute atomic E-state index is 0.0450. The fourth-order valence-electron chi connectivity index (χ4n) is 2.64. The molecule has 0 amide bonds. The average molecular weight is 399 g/mol. The highest BCUT2D eigenvalue weighted by Crippen LogP contribution is 2.12. The summed E-state index contributed by atoms with van der Waals surface area (Å²) >= 11 is 0. The van der Waals surface area contributed by atoms with Gasteiger partial charge in [-0.3, -0.25) is 19.1 Å². The molecule has 0 aromatic carbocycles. The highest BCUT2D eigenvalue weighted by Gasteiger charge is 2.22. The van der Waals surface area contributed by atoms with Crippen molar-refractivity contribution in [2.75, 3.05) is 12.3 Å². The number of anilines is 1. The van der Waals surface area contributed by atoms with E-state index in [9.17, 15) is 19.2 Å².